The van der Waals surface area contributed by atoms with E-state index >= 15 is 0 Å². The fourth-order valence-electron chi connectivity index (χ4n) is 1.49. The quantitative estimate of drug-likeness (QED) is 0.380. The Morgan fingerprint density at radius 1 is 1.61 bits per heavy atom. The number of aliphatic hydroxyl groups is 1. The summed E-state index contributed by atoms with van der Waals surface area (Å²) in [5.74, 6) is 0. The molecule has 0 radical (unpaired) electrons. The molecule has 7 heteroatoms. The molecular weight excluding hydrogens is 238 g/mol. The molecule has 0 amide bonds. The maximum atomic E-state index is 10.6. The average Bonchev–Trinajstić information content (AvgIpc) is 2.29. The van der Waals surface area contributed by atoms with E-state index in [0.29, 0.717) is 18.7 Å². The van der Waals surface area contributed by atoms with Crippen molar-refractivity contribution in [2.75, 3.05) is 31.3 Å². The number of benzene rings is 1. The number of aliphatic hydroxyl groups excluding tert-OH is 1. The van der Waals surface area contributed by atoms with Crippen molar-refractivity contribution in [2.24, 2.45) is 0 Å². The van der Waals surface area contributed by atoms with E-state index in [1.54, 1.807) is 6.07 Å². The first-order valence-electron chi connectivity index (χ1n) is 5.49. The second kappa shape index (κ2) is 6.77. The molecule has 1 rings (SSSR count). The summed E-state index contributed by atoms with van der Waals surface area (Å²) < 4.78 is 4.79. The third kappa shape index (κ3) is 4.19. The normalized spacial score (nSPS) is 12.1. The van der Waals surface area contributed by atoms with E-state index < -0.39 is 11.0 Å². The fraction of sp³-hybridized carbons (Fsp3) is 0.455. The van der Waals surface area contributed by atoms with E-state index in [4.69, 9.17) is 10.5 Å². The van der Waals surface area contributed by atoms with Crippen LogP contribution in [0.3, 0.4) is 0 Å². The number of ether oxygens (including phenoxy) is 1. The number of nitrogens with two attached hydrogens (primary N) is 1. The van der Waals surface area contributed by atoms with Crippen molar-refractivity contribution in [1.29, 1.82) is 0 Å². The number of anilines is 2. The highest BCUT2D eigenvalue weighted by molar-refractivity contribution is 5.65. The summed E-state index contributed by atoms with van der Waals surface area (Å²) in [5, 5.41) is 23.0. The van der Waals surface area contributed by atoms with Gasteiger partial charge in [0.2, 0.25) is 0 Å². The summed E-state index contributed by atoms with van der Waals surface area (Å²) in [6.45, 7) is 0.811. The van der Waals surface area contributed by atoms with Gasteiger partial charge in [-0.3, -0.25) is 10.1 Å². The van der Waals surface area contributed by atoms with Crippen LogP contribution in [0.25, 0.3) is 0 Å². The third-order valence-electron chi connectivity index (χ3n) is 2.39. The molecule has 0 saturated carbocycles. The van der Waals surface area contributed by atoms with Gasteiger partial charge in [0.15, 0.2) is 0 Å². The van der Waals surface area contributed by atoms with Crippen LogP contribution in [0.2, 0.25) is 0 Å². The molecule has 0 aliphatic rings. The Balaban J connectivity index is 2.49. The number of methoxy groups -OCH3 is 1. The van der Waals surface area contributed by atoms with Gasteiger partial charge in [-0.15, -0.1) is 0 Å². The molecule has 0 aromatic heterocycles. The Kier molecular flexibility index (Phi) is 5.34. The van der Waals surface area contributed by atoms with Gasteiger partial charge in [-0.2, -0.15) is 0 Å². The lowest BCUT2D eigenvalue weighted by Gasteiger charge is -2.11. The van der Waals surface area contributed by atoms with Crippen LogP contribution in [0.15, 0.2) is 18.2 Å². The van der Waals surface area contributed by atoms with E-state index in [1.807, 2.05) is 0 Å². The van der Waals surface area contributed by atoms with Crippen LogP contribution in [-0.4, -0.2) is 36.4 Å². The Hall–Kier alpha value is -1.86. The lowest BCUT2D eigenvalue weighted by molar-refractivity contribution is -0.383. The van der Waals surface area contributed by atoms with Crippen LogP contribution in [0.4, 0.5) is 17.1 Å². The number of hydrogen-bond donors (Lipinski definition) is 3. The van der Waals surface area contributed by atoms with Crippen molar-refractivity contribution in [3.8, 4) is 0 Å². The molecule has 7 nitrogen and oxygen atoms in total. The number of nitro benzene ring substituents is 1. The SMILES string of the molecule is COCC(O)CCNc1ccc([N+](=O)[O-])c(N)c1. The van der Waals surface area contributed by atoms with Crippen LogP contribution in [0.5, 0.6) is 0 Å². The van der Waals surface area contributed by atoms with Crippen molar-refractivity contribution in [3.05, 3.63) is 28.3 Å². The third-order valence-corrected chi connectivity index (χ3v) is 2.39. The molecule has 100 valence electrons. The minimum absolute atomic E-state index is 0.111. The molecule has 1 aromatic rings. The first kappa shape index (κ1) is 14.2. The summed E-state index contributed by atoms with van der Waals surface area (Å²) in [4.78, 5) is 10.0. The molecule has 0 heterocycles. The van der Waals surface area contributed by atoms with Gasteiger partial charge >= 0.3 is 0 Å². The number of nitro groups is 1. The lowest BCUT2D eigenvalue weighted by Crippen LogP contribution is -2.18. The number of hydrogen-bond acceptors (Lipinski definition) is 6. The zero-order valence-electron chi connectivity index (χ0n) is 10.1. The van der Waals surface area contributed by atoms with Gasteiger partial charge in [0.1, 0.15) is 5.69 Å². The van der Waals surface area contributed by atoms with Gasteiger partial charge in [0.05, 0.1) is 17.6 Å². The Morgan fingerprint density at radius 3 is 2.89 bits per heavy atom. The molecule has 0 spiro atoms. The molecule has 0 saturated heterocycles. The second-order valence-corrected chi connectivity index (χ2v) is 3.86. The zero-order chi connectivity index (χ0) is 13.5. The van der Waals surface area contributed by atoms with Crippen LogP contribution in [-0.2, 0) is 4.74 Å². The van der Waals surface area contributed by atoms with Crippen LogP contribution in [0.1, 0.15) is 6.42 Å². The molecule has 0 bridgehead atoms. The van der Waals surface area contributed by atoms with Crippen molar-refractivity contribution < 1.29 is 14.8 Å². The van der Waals surface area contributed by atoms with Crippen molar-refractivity contribution in [1.82, 2.24) is 0 Å². The van der Waals surface area contributed by atoms with Crippen LogP contribution >= 0.6 is 0 Å². The predicted octanol–water partition coefficient (Wildman–Crippen LogP) is 0.986. The Labute approximate surface area is 105 Å². The van der Waals surface area contributed by atoms with Crippen molar-refractivity contribution >= 4 is 17.1 Å². The number of nitrogens with one attached hydrogen (secondary N) is 1. The van der Waals surface area contributed by atoms with E-state index in [-0.39, 0.29) is 18.0 Å². The second-order valence-electron chi connectivity index (χ2n) is 3.86. The van der Waals surface area contributed by atoms with Crippen molar-refractivity contribution in [3.63, 3.8) is 0 Å². The maximum Gasteiger partial charge on any atom is 0.292 e. The van der Waals surface area contributed by atoms with Gasteiger partial charge in [-0.25, -0.2) is 0 Å². The number of rotatable bonds is 7. The average molecular weight is 255 g/mol. The summed E-state index contributed by atoms with van der Waals surface area (Å²) in [7, 11) is 1.52. The molecule has 1 aromatic carbocycles. The smallest absolute Gasteiger partial charge is 0.292 e. The van der Waals surface area contributed by atoms with Gasteiger partial charge in [-0.1, -0.05) is 0 Å². The monoisotopic (exact) mass is 255 g/mol. The van der Waals surface area contributed by atoms with Gasteiger partial charge in [0.25, 0.3) is 5.69 Å². The highest BCUT2D eigenvalue weighted by atomic mass is 16.6. The maximum absolute atomic E-state index is 10.6. The molecule has 1 atom stereocenters. The molecular formula is C11H17N3O4. The first-order chi connectivity index (χ1) is 8.54. The van der Waals surface area contributed by atoms with E-state index in [0.717, 1.165) is 0 Å². The van der Waals surface area contributed by atoms with Crippen molar-refractivity contribution in [2.45, 2.75) is 12.5 Å². The standard InChI is InChI=1S/C11H17N3O4/c1-18-7-9(15)4-5-13-8-2-3-11(14(16)17)10(12)6-8/h2-3,6,9,13,15H,4-5,7,12H2,1H3. The molecule has 0 fully saturated rings. The highest BCUT2D eigenvalue weighted by Crippen LogP contribution is 2.24. The summed E-state index contributed by atoms with van der Waals surface area (Å²) in [6, 6.07) is 4.43. The molecule has 0 aliphatic heterocycles. The van der Waals surface area contributed by atoms with E-state index in [9.17, 15) is 15.2 Å². The van der Waals surface area contributed by atoms with Crippen LogP contribution in [0, 0.1) is 10.1 Å². The minimum atomic E-state index is -0.530. The molecule has 4 N–H and O–H groups in total. The summed E-state index contributed by atoms with van der Waals surface area (Å²) >= 11 is 0. The first-order valence-corrected chi connectivity index (χ1v) is 5.49. The van der Waals surface area contributed by atoms with Gasteiger partial charge in [-0.05, 0) is 18.6 Å². The molecule has 0 aliphatic carbocycles. The number of nitrogen functional groups attached to an aromatic ring is 1. The fourth-order valence-corrected chi connectivity index (χ4v) is 1.49. The Morgan fingerprint density at radius 2 is 2.33 bits per heavy atom. The molecule has 1 unspecified atom stereocenters. The lowest BCUT2D eigenvalue weighted by atomic mass is 10.2. The van der Waals surface area contributed by atoms with E-state index in [1.165, 1.54) is 19.2 Å². The summed E-state index contributed by atoms with van der Waals surface area (Å²) in [6.07, 6.45) is -0.0111. The topological polar surface area (TPSA) is 111 Å². The highest BCUT2D eigenvalue weighted by Gasteiger charge is 2.11. The molecule has 18 heavy (non-hydrogen) atoms. The van der Waals surface area contributed by atoms with E-state index in [2.05, 4.69) is 5.32 Å². The number of nitrogens with zero attached hydrogens (tertiary/aromatic N) is 1. The predicted molar refractivity (Wildman–Crippen MR) is 68.5 cm³/mol. The minimum Gasteiger partial charge on any atom is -0.393 e. The largest absolute Gasteiger partial charge is 0.393 e. The van der Waals surface area contributed by atoms with Gasteiger partial charge < -0.3 is 20.9 Å². The Bertz CT molecular complexity index is 411. The zero-order valence-corrected chi connectivity index (χ0v) is 10.1. The van der Waals surface area contributed by atoms with Crippen LogP contribution < -0.4 is 11.1 Å². The van der Waals surface area contributed by atoms with Gasteiger partial charge in [0, 0.05) is 25.4 Å². The summed E-state index contributed by atoms with van der Waals surface area (Å²) in [5.41, 5.74) is 6.24.